The Bertz CT molecular complexity index is 535. The number of sulfonamides is 1. The van der Waals surface area contributed by atoms with E-state index in [0.717, 1.165) is 6.42 Å². The molecule has 0 radical (unpaired) electrons. The molecule has 0 spiro atoms. The second-order valence-electron chi connectivity index (χ2n) is 5.07. The fraction of sp³-hybridized carbons (Fsp3) is 0.538. The maximum absolute atomic E-state index is 12.6. The molecule has 106 valence electrons. The number of hydrogen-bond acceptors (Lipinski definition) is 4. The van der Waals surface area contributed by atoms with Crippen LogP contribution in [0.15, 0.2) is 29.2 Å². The maximum atomic E-state index is 12.6. The first-order valence-electron chi connectivity index (χ1n) is 6.34. The van der Waals surface area contributed by atoms with Gasteiger partial charge in [-0.3, -0.25) is 0 Å². The molecule has 0 aromatic heterocycles. The second kappa shape index (κ2) is 5.48. The van der Waals surface area contributed by atoms with Crippen molar-refractivity contribution < 1.29 is 13.2 Å². The highest BCUT2D eigenvalue weighted by Gasteiger charge is 2.33. The zero-order chi connectivity index (χ0) is 14.0. The van der Waals surface area contributed by atoms with E-state index in [1.807, 2.05) is 6.92 Å². The van der Waals surface area contributed by atoms with Gasteiger partial charge in [-0.25, -0.2) is 8.42 Å². The number of para-hydroxylation sites is 1. The Morgan fingerprint density at radius 2 is 2.00 bits per heavy atom. The molecule has 0 aliphatic carbocycles. The van der Waals surface area contributed by atoms with E-state index in [9.17, 15) is 8.42 Å². The third-order valence-electron chi connectivity index (χ3n) is 3.35. The fourth-order valence-corrected chi connectivity index (χ4v) is 4.29. The van der Waals surface area contributed by atoms with E-state index in [1.165, 1.54) is 11.4 Å². The molecule has 2 atom stereocenters. The summed E-state index contributed by atoms with van der Waals surface area (Å²) in [5.41, 5.74) is 5.92. The first kappa shape index (κ1) is 14.3. The normalized spacial score (nSPS) is 25.2. The lowest BCUT2D eigenvalue weighted by Crippen LogP contribution is -2.48. The van der Waals surface area contributed by atoms with Crippen molar-refractivity contribution in [2.24, 2.45) is 11.7 Å². The van der Waals surface area contributed by atoms with Gasteiger partial charge in [0, 0.05) is 19.1 Å². The average Bonchev–Trinajstić information content (AvgIpc) is 2.37. The fourth-order valence-electron chi connectivity index (χ4n) is 2.52. The second-order valence-corrected chi connectivity index (χ2v) is 6.98. The Labute approximate surface area is 114 Å². The highest BCUT2D eigenvalue weighted by molar-refractivity contribution is 7.89. The number of benzene rings is 1. The maximum Gasteiger partial charge on any atom is 0.246 e. The molecule has 6 heteroatoms. The molecule has 1 aromatic rings. The zero-order valence-corrected chi connectivity index (χ0v) is 12.1. The van der Waals surface area contributed by atoms with Crippen molar-refractivity contribution >= 4 is 10.0 Å². The molecule has 0 saturated carbocycles. The largest absolute Gasteiger partial charge is 0.495 e. The summed E-state index contributed by atoms with van der Waals surface area (Å²) >= 11 is 0. The van der Waals surface area contributed by atoms with Gasteiger partial charge in [0.15, 0.2) is 0 Å². The molecule has 2 N–H and O–H groups in total. The number of nitrogens with two attached hydrogens (primary N) is 1. The topological polar surface area (TPSA) is 72.6 Å². The summed E-state index contributed by atoms with van der Waals surface area (Å²) in [5, 5.41) is 0. The molecule has 19 heavy (non-hydrogen) atoms. The van der Waals surface area contributed by atoms with Gasteiger partial charge in [-0.1, -0.05) is 19.1 Å². The van der Waals surface area contributed by atoms with Gasteiger partial charge >= 0.3 is 0 Å². The molecule has 0 amide bonds. The van der Waals surface area contributed by atoms with Gasteiger partial charge in [0.25, 0.3) is 0 Å². The summed E-state index contributed by atoms with van der Waals surface area (Å²) in [4.78, 5) is 0.207. The Kier molecular flexibility index (Phi) is 4.13. The van der Waals surface area contributed by atoms with Crippen LogP contribution in [0.3, 0.4) is 0 Å². The first-order chi connectivity index (χ1) is 8.95. The summed E-state index contributed by atoms with van der Waals surface area (Å²) in [6.45, 7) is 2.89. The van der Waals surface area contributed by atoms with Crippen molar-refractivity contribution in [1.29, 1.82) is 0 Å². The van der Waals surface area contributed by atoms with Gasteiger partial charge in [-0.05, 0) is 24.5 Å². The van der Waals surface area contributed by atoms with E-state index in [1.54, 1.807) is 24.3 Å². The van der Waals surface area contributed by atoms with Crippen LogP contribution in [0.5, 0.6) is 5.75 Å². The summed E-state index contributed by atoms with van der Waals surface area (Å²) in [5.74, 6) is 0.641. The Morgan fingerprint density at radius 3 is 2.63 bits per heavy atom. The van der Waals surface area contributed by atoms with Crippen molar-refractivity contribution in [2.45, 2.75) is 24.3 Å². The minimum absolute atomic E-state index is 0.103. The molecule has 1 fully saturated rings. The van der Waals surface area contributed by atoms with E-state index in [2.05, 4.69) is 0 Å². The predicted octanol–water partition coefficient (Wildman–Crippen LogP) is 1.05. The molecule has 2 unspecified atom stereocenters. The summed E-state index contributed by atoms with van der Waals surface area (Å²) in [7, 11) is -2.07. The molecule has 2 rings (SSSR count). The van der Waals surface area contributed by atoms with Crippen molar-refractivity contribution in [2.75, 3.05) is 20.2 Å². The van der Waals surface area contributed by atoms with Crippen molar-refractivity contribution in [1.82, 2.24) is 4.31 Å². The van der Waals surface area contributed by atoms with Crippen LogP contribution in [0.2, 0.25) is 0 Å². The van der Waals surface area contributed by atoms with Crippen LogP contribution >= 0.6 is 0 Å². The van der Waals surface area contributed by atoms with E-state index in [4.69, 9.17) is 10.5 Å². The van der Waals surface area contributed by atoms with Crippen LogP contribution < -0.4 is 10.5 Å². The van der Waals surface area contributed by atoms with Gasteiger partial charge in [-0.15, -0.1) is 0 Å². The Morgan fingerprint density at radius 1 is 1.32 bits per heavy atom. The molecule has 1 aromatic carbocycles. The third kappa shape index (κ3) is 2.91. The minimum Gasteiger partial charge on any atom is -0.495 e. The van der Waals surface area contributed by atoms with Gasteiger partial charge in [0.05, 0.1) is 7.11 Å². The van der Waals surface area contributed by atoms with E-state index in [-0.39, 0.29) is 16.9 Å². The van der Waals surface area contributed by atoms with Crippen LogP contribution in [-0.2, 0) is 10.0 Å². The highest BCUT2D eigenvalue weighted by atomic mass is 32.2. The number of ether oxygens (including phenoxy) is 1. The van der Waals surface area contributed by atoms with Crippen molar-refractivity contribution in [3.8, 4) is 5.75 Å². The lowest BCUT2D eigenvalue weighted by atomic mass is 9.99. The monoisotopic (exact) mass is 284 g/mol. The predicted molar refractivity (Wildman–Crippen MR) is 73.5 cm³/mol. The van der Waals surface area contributed by atoms with Gasteiger partial charge in [-0.2, -0.15) is 4.31 Å². The minimum atomic E-state index is -3.54. The summed E-state index contributed by atoms with van der Waals surface area (Å²) in [6, 6.07) is 6.57. The van der Waals surface area contributed by atoms with Gasteiger partial charge in [0.2, 0.25) is 10.0 Å². The summed E-state index contributed by atoms with van der Waals surface area (Å²) < 4.78 is 31.9. The van der Waals surface area contributed by atoms with Gasteiger partial charge < -0.3 is 10.5 Å². The molecule has 1 heterocycles. The van der Waals surface area contributed by atoms with Crippen LogP contribution in [0.4, 0.5) is 0 Å². The SMILES string of the molecule is COc1ccccc1S(=O)(=O)N1CC(C)CC(N)C1. The first-order valence-corrected chi connectivity index (χ1v) is 7.78. The van der Waals surface area contributed by atoms with Crippen LogP contribution in [-0.4, -0.2) is 39.0 Å². The van der Waals surface area contributed by atoms with Gasteiger partial charge in [0.1, 0.15) is 10.6 Å². The van der Waals surface area contributed by atoms with Crippen LogP contribution in [0.1, 0.15) is 13.3 Å². The number of piperidine rings is 1. The molecule has 5 nitrogen and oxygen atoms in total. The van der Waals surface area contributed by atoms with E-state index in [0.29, 0.717) is 18.8 Å². The van der Waals surface area contributed by atoms with Crippen LogP contribution in [0.25, 0.3) is 0 Å². The molecule has 0 bridgehead atoms. The number of rotatable bonds is 3. The molecular weight excluding hydrogens is 264 g/mol. The molecule has 1 aliphatic heterocycles. The quantitative estimate of drug-likeness (QED) is 0.900. The Hall–Kier alpha value is -1.11. The Balaban J connectivity index is 2.36. The molecular formula is C13H20N2O3S. The highest BCUT2D eigenvalue weighted by Crippen LogP contribution is 2.29. The summed E-state index contributed by atoms with van der Waals surface area (Å²) in [6.07, 6.45) is 0.859. The van der Waals surface area contributed by atoms with E-state index < -0.39 is 10.0 Å². The number of nitrogens with zero attached hydrogens (tertiary/aromatic N) is 1. The molecule has 1 aliphatic rings. The van der Waals surface area contributed by atoms with Crippen molar-refractivity contribution in [3.63, 3.8) is 0 Å². The van der Waals surface area contributed by atoms with E-state index >= 15 is 0 Å². The smallest absolute Gasteiger partial charge is 0.246 e. The van der Waals surface area contributed by atoms with Crippen molar-refractivity contribution in [3.05, 3.63) is 24.3 Å². The lowest BCUT2D eigenvalue weighted by Gasteiger charge is -2.34. The average molecular weight is 284 g/mol. The standard InChI is InChI=1S/C13H20N2O3S/c1-10-7-11(14)9-15(8-10)19(16,17)13-6-4-3-5-12(13)18-2/h3-6,10-11H,7-9,14H2,1-2H3. The van der Waals surface area contributed by atoms with Crippen LogP contribution in [0, 0.1) is 5.92 Å². The number of methoxy groups -OCH3 is 1. The molecule has 1 saturated heterocycles. The number of hydrogen-bond donors (Lipinski definition) is 1. The lowest BCUT2D eigenvalue weighted by molar-refractivity contribution is 0.253. The zero-order valence-electron chi connectivity index (χ0n) is 11.2. The third-order valence-corrected chi connectivity index (χ3v) is 5.22.